The van der Waals surface area contributed by atoms with E-state index in [-0.39, 0.29) is 18.1 Å². The zero-order chi connectivity index (χ0) is 8.39. The molecule has 0 bridgehead atoms. The van der Waals surface area contributed by atoms with Crippen LogP contribution in [0.3, 0.4) is 0 Å². The van der Waals surface area contributed by atoms with Crippen molar-refractivity contribution in [3.63, 3.8) is 0 Å². The molecule has 0 spiro atoms. The molecule has 1 saturated heterocycles. The molecule has 0 aliphatic carbocycles. The molecule has 1 aliphatic rings. The molecule has 0 radical (unpaired) electrons. The van der Waals surface area contributed by atoms with E-state index in [1.165, 1.54) is 0 Å². The number of hydrogen-bond donors (Lipinski definition) is 3. The van der Waals surface area contributed by atoms with Crippen molar-refractivity contribution in [1.29, 1.82) is 0 Å². The third kappa shape index (κ3) is 2.32. The third-order valence-corrected chi connectivity index (χ3v) is 2.20. The monoisotopic (exact) mass is 204 g/mol. The van der Waals surface area contributed by atoms with Crippen molar-refractivity contribution in [2.24, 2.45) is 0 Å². The van der Waals surface area contributed by atoms with E-state index in [9.17, 15) is 4.79 Å². The zero-order valence-corrected chi connectivity index (χ0v) is 7.99. The second-order valence-electron chi connectivity index (χ2n) is 3.11. The van der Waals surface area contributed by atoms with Gasteiger partial charge in [0.2, 0.25) is 0 Å². The Kier molecular flexibility index (Phi) is 3.50. The molecule has 5 nitrogen and oxygen atoms in total. The summed E-state index contributed by atoms with van der Waals surface area (Å²) < 4.78 is 0. The van der Waals surface area contributed by atoms with Gasteiger partial charge in [-0.05, 0) is 19.4 Å². The molecule has 6 heteroatoms. The fraction of sp³-hybridized carbons (Fsp3) is 0.714. The Morgan fingerprint density at radius 1 is 1.46 bits per heavy atom. The molecule has 2 rings (SSSR count). The molecular formula is C7H13ClN4O. The smallest absolute Gasteiger partial charge is 0.316 e. The molecule has 0 aromatic carbocycles. The minimum atomic E-state index is -0.212. The average Bonchev–Trinajstić information content (AvgIpc) is 2.54. The molecule has 74 valence electrons. The summed E-state index contributed by atoms with van der Waals surface area (Å²) in [4.78, 5) is 13.4. The fourth-order valence-corrected chi connectivity index (χ4v) is 1.56. The first kappa shape index (κ1) is 10.3. The van der Waals surface area contributed by atoms with Gasteiger partial charge in [-0.25, -0.2) is 9.89 Å². The summed E-state index contributed by atoms with van der Waals surface area (Å²) in [5.74, 6) is 1.16. The standard InChI is InChI=1S/C7H12N4O.ClH/c12-7-9-6(10-11-7)5-2-1-3-8-4-5;/h5,8H,1-4H2,(H2,9,10,11,12);1H. The molecule has 1 aromatic heterocycles. The first-order chi connectivity index (χ1) is 5.86. The van der Waals surface area contributed by atoms with Crippen LogP contribution in [0.25, 0.3) is 0 Å². The van der Waals surface area contributed by atoms with E-state index in [0.29, 0.717) is 5.92 Å². The van der Waals surface area contributed by atoms with Crippen LogP contribution in [0.4, 0.5) is 0 Å². The number of nitrogens with zero attached hydrogens (tertiary/aromatic N) is 1. The van der Waals surface area contributed by atoms with E-state index in [2.05, 4.69) is 20.5 Å². The Bertz CT molecular complexity index is 301. The van der Waals surface area contributed by atoms with Gasteiger partial charge >= 0.3 is 5.69 Å². The maximum Gasteiger partial charge on any atom is 0.340 e. The van der Waals surface area contributed by atoms with Crippen LogP contribution in [0.1, 0.15) is 24.6 Å². The van der Waals surface area contributed by atoms with Crippen LogP contribution in [0.5, 0.6) is 0 Å². The van der Waals surface area contributed by atoms with Gasteiger partial charge in [0, 0.05) is 12.5 Å². The van der Waals surface area contributed by atoms with Gasteiger partial charge in [-0.2, -0.15) is 5.10 Å². The number of halogens is 1. The maximum atomic E-state index is 10.7. The molecule has 3 N–H and O–H groups in total. The Morgan fingerprint density at radius 2 is 2.31 bits per heavy atom. The normalized spacial score (nSPS) is 22.3. The van der Waals surface area contributed by atoms with Gasteiger partial charge in [0.1, 0.15) is 5.82 Å². The number of hydrogen-bond acceptors (Lipinski definition) is 3. The number of rotatable bonds is 1. The average molecular weight is 205 g/mol. The van der Waals surface area contributed by atoms with E-state index in [1.54, 1.807) is 0 Å². The molecule has 13 heavy (non-hydrogen) atoms. The molecule has 1 fully saturated rings. The van der Waals surface area contributed by atoms with Gasteiger partial charge in [-0.3, -0.25) is 4.98 Å². The predicted octanol–water partition coefficient (Wildman–Crippen LogP) is -0.0132. The van der Waals surface area contributed by atoms with Crippen molar-refractivity contribution < 1.29 is 0 Å². The largest absolute Gasteiger partial charge is 0.340 e. The molecule has 2 heterocycles. The third-order valence-electron chi connectivity index (χ3n) is 2.20. The topological polar surface area (TPSA) is 73.6 Å². The Morgan fingerprint density at radius 3 is 2.85 bits per heavy atom. The highest BCUT2D eigenvalue weighted by Gasteiger charge is 2.17. The summed E-state index contributed by atoms with van der Waals surface area (Å²) in [6.45, 7) is 1.99. The Labute approximate surface area is 81.7 Å². The minimum Gasteiger partial charge on any atom is -0.316 e. The van der Waals surface area contributed by atoms with Gasteiger partial charge in [0.25, 0.3) is 0 Å². The number of aromatic amines is 2. The summed E-state index contributed by atoms with van der Waals surface area (Å²) in [5, 5.41) is 9.55. The van der Waals surface area contributed by atoms with Crippen LogP contribution in [0, 0.1) is 0 Å². The van der Waals surface area contributed by atoms with Gasteiger partial charge in [0.05, 0.1) is 0 Å². The summed E-state index contributed by atoms with van der Waals surface area (Å²) in [7, 11) is 0. The molecule has 1 aliphatic heterocycles. The van der Waals surface area contributed by atoms with Crippen LogP contribution in [0.15, 0.2) is 4.79 Å². The van der Waals surface area contributed by atoms with Crippen LogP contribution in [0.2, 0.25) is 0 Å². The first-order valence-electron chi connectivity index (χ1n) is 4.21. The van der Waals surface area contributed by atoms with Crippen LogP contribution in [-0.4, -0.2) is 28.3 Å². The highest BCUT2D eigenvalue weighted by atomic mass is 35.5. The van der Waals surface area contributed by atoms with Crippen LogP contribution < -0.4 is 11.0 Å². The molecular weight excluding hydrogens is 192 g/mol. The second kappa shape index (κ2) is 4.43. The number of piperidine rings is 1. The van der Waals surface area contributed by atoms with Crippen molar-refractivity contribution in [2.75, 3.05) is 13.1 Å². The van der Waals surface area contributed by atoms with Gasteiger partial charge in [-0.1, -0.05) is 0 Å². The Hall–Kier alpha value is -0.810. The summed E-state index contributed by atoms with van der Waals surface area (Å²) in [6.07, 6.45) is 2.26. The SMILES string of the molecule is Cl.O=c1[nH]nc(C2CCCNC2)[nH]1. The van der Waals surface area contributed by atoms with Crippen molar-refractivity contribution in [2.45, 2.75) is 18.8 Å². The summed E-state index contributed by atoms with van der Waals surface area (Å²) in [5.41, 5.74) is -0.212. The lowest BCUT2D eigenvalue weighted by Gasteiger charge is -2.19. The molecule has 1 atom stereocenters. The molecule has 0 saturated carbocycles. The zero-order valence-electron chi connectivity index (χ0n) is 7.17. The van der Waals surface area contributed by atoms with Crippen LogP contribution >= 0.6 is 12.4 Å². The Balaban J connectivity index is 0.000000845. The summed E-state index contributed by atoms with van der Waals surface area (Å²) in [6, 6.07) is 0. The van der Waals surface area contributed by atoms with E-state index in [0.717, 1.165) is 31.8 Å². The number of H-pyrrole nitrogens is 2. The van der Waals surface area contributed by atoms with E-state index >= 15 is 0 Å². The quantitative estimate of drug-likeness (QED) is 0.602. The van der Waals surface area contributed by atoms with Crippen molar-refractivity contribution in [1.82, 2.24) is 20.5 Å². The maximum absolute atomic E-state index is 10.7. The fourth-order valence-electron chi connectivity index (χ4n) is 1.56. The van der Waals surface area contributed by atoms with Crippen LogP contribution in [-0.2, 0) is 0 Å². The van der Waals surface area contributed by atoms with Gasteiger partial charge < -0.3 is 5.32 Å². The van der Waals surface area contributed by atoms with E-state index in [4.69, 9.17) is 0 Å². The van der Waals surface area contributed by atoms with Crippen molar-refractivity contribution in [3.05, 3.63) is 16.3 Å². The second-order valence-corrected chi connectivity index (χ2v) is 3.11. The lowest BCUT2D eigenvalue weighted by atomic mass is 9.99. The molecule has 1 unspecified atom stereocenters. The highest BCUT2D eigenvalue weighted by molar-refractivity contribution is 5.85. The van der Waals surface area contributed by atoms with E-state index in [1.807, 2.05) is 0 Å². The van der Waals surface area contributed by atoms with Crippen molar-refractivity contribution >= 4 is 12.4 Å². The van der Waals surface area contributed by atoms with Gasteiger partial charge in [0.15, 0.2) is 0 Å². The summed E-state index contributed by atoms with van der Waals surface area (Å²) >= 11 is 0. The highest BCUT2D eigenvalue weighted by Crippen LogP contribution is 2.17. The van der Waals surface area contributed by atoms with Crippen molar-refractivity contribution in [3.8, 4) is 0 Å². The number of nitrogens with one attached hydrogen (secondary N) is 3. The predicted molar refractivity (Wildman–Crippen MR) is 51.3 cm³/mol. The first-order valence-corrected chi connectivity index (χ1v) is 4.21. The molecule has 0 amide bonds. The lowest BCUT2D eigenvalue weighted by Crippen LogP contribution is -2.29. The minimum absolute atomic E-state index is 0. The lowest BCUT2D eigenvalue weighted by molar-refractivity contribution is 0.447. The van der Waals surface area contributed by atoms with E-state index < -0.39 is 0 Å². The van der Waals surface area contributed by atoms with Gasteiger partial charge in [-0.15, -0.1) is 12.4 Å². The molecule has 1 aromatic rings. The number of aromatic nitrogens is 3.